The molecule has 4 rings (SSSR count). The van der Waals surface area contributed by atoms with Crippen molar-refractivity contribution in [2.45, 2.75) is 32.4 Å². The lowest BCUT2D eigenvalue weighted by atomic mass is 9.91. The smallest absolute Gasteiger partial charge is 0.290 e. The zero-order valence-electron chi connectivity index (χ0n) is 18.8. The van der Waals surface area contributed by atoms with Crippen molar-refractivity contribution in [3.05, 3.63) is 112 Å². The van der Waals surface area contributed by atoms with Gasteiger partial charge in [-0.1, -0.05) is 72.8 Å². The molecule has 33 heavy (non-hydrogen) atoms. The molecule has 1 aliphatic heterocycles. The van der Waals surface area contributed by atoms with Gasteiger partial charge in [0.2, 0.25) is 0 Å². The first-order valence-electron chi connectivity index (χ1n) is 11.0. The molecule has 1 heterocycles. The van der Waals surface area contributed by atoms with Gasteiger partial charge >= 0.3 is 0 Å². The molecule has 1 atom stereocenters. The van der Waals surface area contributed by atoms with Gasteiger partial charge in [0, 0.05) is 12.0 Å². The van der Waals surface area contributed by atoms with Crippen LogP contribution in [0.25, 0.3) is 0 Å². The zero-order chi connectivity index (χ0) is 23.4. The molecule has 168 valence electrons. The Morgan fingerprint density at radius 1 is 0.970 bits per heavy atom. The van der Waals surface area contributed by atoms with Gasteiger partial charge in [0.25, 0.3) is 5.91 Å². The van der Waals surface area contributed by atoms with Crippen LogP contribution in [0.4, 0.5) is 0 Å². The molecule has 0 saturated carbocycles. The summed E-state index contributed by atoms with van der Waals surface area (Å²) in [6, 6.07) is 24.2. The minimum atomic E-state index is -0.660. The molecule has 0 saturated heterocycles. The van der Waals surface area contributed by atoms with E-state index in [1.165, 1.54) is 0 Å². The van der Waals surface area contributed by atoms with E-state index in [-0.39, 0.29) is 24.3 Å². The maximum absolute atomic E-state index is 13.4. The Hall–Kier alpha value is -3.86. The quantitative estimate of drug-likeness (QED) is 0.528. The number of benzene rings is 3. The van der Waals surface area contributed by atoms with Gasteiger partial charge in [0.05, 0.1) is 25.3 Å². The molecule has 3 aromatic rings. The van der Waals surface area contributed by atoms with Crippen LogP contribution in [-0.4, -0.2) is 28.8 Å². The van der Waals surface area contributed by atoms with Crippen molar-refractivity contribution in [1.82, 2.24) is 4.90 Å². The SMILES string of the molecule is COc1ccccc1CN1C(=O)C(O)=C(C(=O)CCc2ccccc2)C1c1ccccc1C. The van der Waals surface area contributed by atoms with Crippen molar-refractivity contribution >= 4 is 11.7 Å². The summed E-state index contributed by atoms with van der Waals surface area (Å²) in [7, 11) is 1.58. The first-order valence-corrected chi connectivity index (χ1v) is 11.0. The molecule has 0 bridgehead atoms. The summed E-state index contributed by atoms with van der Waals surface area (Å²) in [5.41, 5.74) is 3.78. The van der Waals surface area contributed by atoms with Gasteiger partial charge in [0.1, 0.15) is 5.75 Å². The number of ketones is 1. The third-order valence-electron chi connectivity index (χ3n) is 6.10. The van der Waals surface area contributed by atoms with Crippen LogP contribution in [0.3, 0.4) is 0 Å². The number of hydrogen-bond acceptors (Lipinski definition) is 4. The highest BCUT2D eigenvalue weighted by molar-refractivity contribution is 6.09. The van der Waals surface area contributed by atoms with Crippen LogP contribution in [0, 0.1) is 6.92 Å². The lowest BCUT2D eigenvalue weighted by molar-refractivity contribution is -0.130. The molecule has 0 aromatic heterocycles. The van der Waals surface area contributed by atoms with Crippen molar-refractivity contribution in [3.63, 3.8) is 0 Å². The number of rotatable bonds is 8. The number of para-hydroxylation sites is 1. The Kier molecular flexibility index (Phi) is 6.59. The monoisotopic (exact) mass is 441 g/mol. The second-order valence-electron chi connectivity index (χ2n) is 8.18. The van der Waals surface area contributed by atoms with E-state index >= 15 is 0 Å². The average molecular weight is 442 g/mol. The summed E-state index contributed by atoms with van der Waals surface area (Å²) >= 11 is 0. The van der Waals surface area contributed by atoms with E-state index in [1.54, 1.807) is 12.0 Å². The highest BCUT2D eigenvalue weighted by atomic mass is 16.5. The van der Waals surface area contributed by atoms with Gasteiger partial charge in [-0.25, -0.2) is 0 Å². The van der Waals surface area contributed by atoms with Crippen LogP contribution >= 0.6 is 0 Å². The first-order chi connectivity index (χ1) is 16.0. The number of aliphatic hydroxyl groups is 1. The molecule has 1 amide bonds. The fraction of sp³-hybridized carbons (Fsp3) is 0.214. The van der Waals surface area contributed by atoms with Crippen molar-refractivity contribution in [3.8, 4) is 5.75 Å². The summed E-state index contributed by atoms with van der Waals surface area (Å²) in [6.07, 6.45) is 0.749. The van der Waals surface area contributed by atoms with Gasteiger partial charge in [-0.05, 0) is 36.1 Å². The summed E-state index contributed by atoms with van der Waals surface area (Å²) in [5, 5.41) is 10.9. The molecule has 0 fully saturated rings. The predicted octanol–water partition coefficient (Wildman–Crippen LogP) is 5.10. The molecular formula is C28H27NO4. The van der Waals surface area contributed by atoms with Crippen molar-refractivity contribution in [2.24, 2.45) is 0 Å². The van der Waals surface area contributed by atoms with Gasteiger partial charge < -0.3 is 14.7 Å². The molecule has 5 heteroatoms. The topological polar surface area (TPSA) is 66.8 Å². The summed E-state index contributed by atoms with van der Waals surface area (Å²) in [5.74, 6) is -0.578. The Bertz CT molecular complexity index is 1200. The summed E-state index contributed by atoms with van der Waals surface area (Å²) in [4.78, 5) is 28.1. The van der Waals surface area contributed by atoms with Crippen LogP contribution in [0.15, 0.2) is 90.2 Å². The Morgan fingerprint density at radius 2 is 1.64 bits per heavy atom. The minimum absolute atomic E-state index is 0.167. The summed E-state index contributed by atoms with van der Waals surface area (Å²) < 4.78 is 5.46. The van der Waals surface area contributed by atoms with Crippen LogP contribution < -0.4 is 4.74 Å². The lowest BCUT2D eigenvalue weighted by Crippen LogP contribution is -2.31. The van der Waals surface area contributed by atoms with Gasteiger partial charge in [-0.3, -0.25) is 9.59 Å². The van der Waals surface area contributed by atoms with Gasteiger partial charge in [-0.15, -0.1) is 0 Å². The number of methoxy groups -OCH3 is 1. The van der Waals surface area contributed by atoms with Crippen LogP contribution in [-0.2, 0) is 22.6 Å². The molecule has 1 N–H and O–H groups in total. The van der Waals surface area contributed by atoms with Crippen LogP contribution in [0.1, 0.15) is 34.7 Å². The zero-order valence-corrected chi connectivity index (χ0v) is 18.8. The van der Waals surface area contributed by atoms with E-state index in [0.717, 1.165) is 22.3 Å². The fourth-order valence-electron chi connectivity index (χ4n) is 4.37. The van der Waals surface area contributed by atoms with E-state index in [9.17, 15) is 14.7 Å². The van der Waals surface area contributed by atoms with Crippen LogP contribution in [0.2, 0.25) is 0 Å². The molecule has 0 radical (unpaired) electrons. The number of nitrogens with zero attached hydrogens (tertiary/aromatic N) is 1. The minimum Gasteiger partial charge on any atom is -0.503 e. The lowest BCUT2D eigenvalue weighted by Gasteiger charge is -2.28. The molecule has 3 aromatic carbocycles. The van der Waals surface area contributed by atoms with Gasteiger partial charge in [-0.2, -0.15) is 0 Å². The molecule has 0 aliphatic carbocycles. The van der Waals surface area contributed by atoms with E-state index < -0.39 is 17.7 Å². The predicted molar refractivity (Wildman–Crippen MR) is 127 cm³/mol. The van der Waals surface area contributed by atoms with Crippen molar-refractivity contribution in [2.75, 3.05) is 7.11 Å². The number of hydrogen-bond donors (Lipinski definition) is 1. The number of carbonyl (C=O) groups excluding carboxylic acids is 2. The number of aryl methyl sites for hydroxylation is 2. The van der Waals surface area contributed by atoms with E-state index in [0.29, 0.717) is 12.2 Å². The largest absolute Gasteiger partial charge is 0.503 e. The third-order valence-corrected chi connectivity index (χ3v) is 6.10. The summed E-state index contributed by atoms with van der Waals surface area (Å²) in [6.45, 7) is 2.16. The number of aliphatic hydroxyl groups excluding tert-OH is 1. The normalized spacial score (nSPS) is 15.8. The fourth-order valence-corrected chi connectivity index (χ4v) is 4.37. The molecule has 5 nitrogen and oxygen atoms in total. The Labute approximate surface area is 193 Å². The number of amides is 1. The maximum Gasteiger partial charge on any atom is 0.290 e. The van der Waals surface area contributed by atoms with E-state index in [4.69, 9.17) is 4.74 Å². The first kappa shape index (κ1) is 22.3. The standard InChI is InChI=1S/C28H27NO4/c1-19-10-6-8-14-22(19)26-25(23(30)17-16-20-11-4-3-5-12-20)27(31)28(32)29(26)18-21-13-7-9-15-24(21)33-2/h3-15,26,31H,16-18H2,1-2H3. The van der Waals surface area contributed by atoms with Crippen molar-refractivity contribution in [1.29, 1.82) is 0 Å². The van der Waals surface area contributed by atoms with Crippen LogP contribution in [0.5, 0.6) is 5.75 Å². The second kappa shape index (κ2) is 9.74. The highest BCUT2D eigenvalue weighted by Crippen LogP contribution is 2.41. The molecule has 0 spiro atoms. The Morgan fingerprint density at radius 3 is 2.36 bits per heavy atom. The number of Topliss-reactive ketones (excluding diaryl/α,β-unsaturated/α-hetero) is 1. The third kappa shape index (κ3) is 4.53. The average Bonchev–Trinajstić information content (AvgIpc) is 3.08. The van der Waals surface area contributed by atoms with Gasteiger partial charge in [0.15, 0.2) is 11.5 Å². The van der Waals surface area contributed by atoms with E-state index in [1.807, 2.05) is 85.8 Å². The Balaban J connectivity index is 1.70. The molecule has 1 unspecified atom stereocenters. The maximum atomic E-state index is 13.4. The second-order valence-corrected chi connectivity index (χ2v) is 8.18. The van der Waals surface area contributed by atoms with Crippen molar-refractivity contribution < 1.29 is 19.4 Å². The highest BCUT2D eigenvalue weighted by Gasteiger charge is 2.43. The number of carbonyl (C=O) groups is 2. The number of ether oxygens (including phenoxy) is 1. The van der Waals surface area contributed by atoms with E-state index in [2.05, 4.69) is 0 Å². The molecular weight excluding hydrogens is 414 g/mol. The molecule has 1 aliphatic rings.